The van der Waals surface area contributed by atoms with E-state index in [-0.39, 0.29) is 11.8 Å². The number of ether oxygens (including phenoxy) is 1. The minimum absolute atomic E-state index is 0.00716. The van der Waals surface area contributed by atoms with Crippen molar-refractivity contribution in [1.29, 1.82) is 0 Å². The van der Waals surface area contributed by atoms with Gasteiger partial charge in [0.05, 0.1) is 17.5 Å². The predicted molar refractivity (Wildman–Crippen MR) is 102 cm³/mol. The average Bonchev–Trinajstić information content (AvgIpc) is 3.16. The highest BCUT2D eigenvalue weighted by atomic mass is 16.5. The third-order valence-corrected chi connectivity index (χ3v) is 4.90. The number of aryl methyl sites for hydroxylation is 2. The summed E-state index contributed by atoms with van der Waals surface area (Å²) in [5, 5.41) is 4.10. The van der Waals surface area contributed by atoms with E-state index in [2.05, 4.69) is 20.1 Å². The summed E-state index contributed by atoms with van der Waals surface area (Å²) < 4.78 is 7.66. The first-order chi connectivity index (χ1) is 13.6. The molecule has 8 heteroatoms. The lowest BCUT2D eigenvalue weighted by atomic mass is 9.94. The number of hydrogen-bond acceptors (Lipinski definition) is 6. The van der Waals surface area contributed by atoms with Crippen molar-refractivity contribution in [2.45, 2.75) is 25.7 Å². The molecule has 8 nitrogen and oxygen atoms in total. The SMILES string of the molecule is Cc1ncccc1Oc1nccnc1C1CCCN(C(=O)c2cnn(C)c2)C1. The second-order valence-electron chi connectivity index (χ2n) is 6.93. The number of hydrogen-bond donors (Lipinski definition) is 0. The van der Waals surface area contributed by atoms with Gasteiger partial charge in [-0.05, 0) is 31.9 Å². The summed E-state index contributed by atoms with van der Waals surface area (Å²) in [6.45, 7) is 3.19. The summed E-state index contributed by atoms with van der Waals surface area (Å²) in [4.78, 5) is 27.9. The minimum Gasteiger partial charge on any atom is -0.435 e. The Morgan fingerprint density at radius 2 is 2.07 bits per heavy atom. The van der Waals surface area contributed by atoms with Crippen LogP contribution in [0.4, 0.5) is 0 Å². The topological polar surface area (TPSA) is 86.0 Å². The molecular weight excluding hydrogens is 356 g/mol. The van der Waals surface area contributed by atoms with E-state index in [1.807, 2.05) is 24.0 Å². The van der Waals surface area contributed by atoms with Gasteiger partial charge < -0.3 is 9.64 Å². The normalized spacial score (nSPS) is 16.8. The number of aromatic nitrogens is 5. The number of amides is 1. The van der Waals surface area contributed by atoms with Crippen LogP contribution in [0.3, 0.4) is 0 Å². The largest absolute Gasteiger partial charge is 0.435 e. The smallest absolute Gasteiger partial charge is 0.257 e. The monoisotopic (exact) mass is 378 g/mol. The number of nitrogens with zero attached hydrogens (tertiary/aromatic N) is 6. The Morgan fingerprint density at radius 1 is 1.21 bits per heavy atom. The van der Waals surface area contributed by atoms with Crippen molar-refractivity contribution >= 4 is 5.91 Å². The van der Waals surface area contributed by atoms with E-state index in [1.54, 1.807) is 42.7 Å². The Labute approximate surface area is 163 Å². The van der Waals surface area contributed by atoms with Crippen molar-refractivity contribution in [2.24, 2.45) is 7.05 Å². The first kappa shape index (κ1) is 18.1. The fraction of sp³-hybridized carbons (Fsp3) is 0.350. The summed E-state index contributed by atoms with van der Waals surface area (Å²) in [5.41, 5.74) is 2.16. The molecule has 3 aromatic heterocycles. The summed E-state index contributed by atoms with van der Waals surface area (Å²) in [6.07, 6.45) is 10.2. The van der Waals surface area contributed by atoms with Crippen molar-refractivity contribution in [1.82, 2.24) is 29.6 Å². The van der Waals surface area contributed by atoms with Crippen molar-refractivity contribution < 1.29 is 9.53 Å². The molecule has 144 valence electrons. The minimum atomic E-state index is -0.00716. The lowest BCUT2D eigenvalue weighted by Crippen LogP contribution is -2.39. The number of likely N-dealkylation sites (tertiary alicyclic amines) is 1. The Balaban J connectivity index is 1.55. The molecule has 1 aliphatic heterocycles. The average molecular weight is 378 g/mol. The third kappa shape index (κ3) is 3.71. The number of carbonyl (C=O) groups excluding carboxylic acids is 1. The molecule has 1 atom stereocenters. The van der Waals surface area contributed by atoms with Gasteiger partial charge in [-0.3, -0.25) is 19.4 Å². The quantitative estimate of drug-likeness (QED) is 0.694. The molecular formula is C20H22N6O2. The molecule has 28 heavy (non-hydrogen) atoms. The van der Waals surface area contributed by atoms with Crippen molar-refractivity contribution in [2.75, 3.05) is 13.1 Å². The highest BCUT2D eigenvalue weighted by molar-refractivity contribution is 5.93. The fourth-order valence-corrected chi connectivity index (χ4v) is 3.48. The summed E-state index contributed by atoms with van der Waals surface area (Å²) >= 11 is 0. The zero-order valence-corrected chi connectivity index (χ0v) is 15.9. The second kappa shape index (κ2) is 7.75. The molecule has 0 radical (unpaired) electrons. The van der Waals surface area contributed by atoms with E-state index in [9.17, 15) is 4.79 Å². The van der Waals surface area contributed by atoms with Crippen LogP contribution in [0.2, 0.25) is 0 Å². The maximum absolute atomic E-state index is 12.8. The third-order valence-electron chi connectivity index (χ3n) is 4.90. The summed E-state index contributed by atoms with van der Waals surface area (Å²) in [7, 11) is 1.80. The molecule has 0 aromatic carbocycles. The van der Waals surface area contributed by atoms with Crippen LogP contribution in [0.1, 0.15) is 40.5 Å². The molecule has 1 fully saturated rings. The Bertz CT molecular complexity index is 986. The molecule has 3 aromatic rings. The maximum Gasteiger partial charge on any atom is 0.257 e. The Morgan fingerprint density at radius 3 is 2.86 bits per heavy atom. The van der Waals surface area contributed by atoms with Gasteiger partial charge in [0.2, 0.25) is 5.88 Å². The number of carbonyl (C=O) groups is 1. The number of rotatable bonds is 4. The summed E-state index contributed by atoms with van der Waals surface area (Å²) in [5.74, 6) is 1.19. The van der Waals surface area contributed by atoms with E-state index >= 15 is 0 Å². The molecule has 1 amide bonds. The van der Waals surface area contributed by atoms with Gasteiger partial charge in [0.15, 0.2) is 5.75 Å². The number of piperidine rings is 1. The van der Waals surface area contributed by atoms with Crippen LogP contribution in [0.25, 0.3) is 0 Å². The van der Waals surface area contributed by atoms with Crippen LogP contribution >= 0.6 is 0 Å². The van der Waals surface area contributed by atoms with E-state index in [1.165, 1.54) is 0 Å². The van der Waals surface area contributed by atoms with Gasteiger partial charge >= 0.3 is 0 Å². The van der Waals surface area contributed by atoms with Crippen molar-refractivity contribution in [3.8, 4) is 11.6 Å². The predicted octanol–water partition coefficient (Wildman–Crippen LogP) is 2.73. The first-order valence-corrected chi connectivity index (χ1v) is 9.30. The zero-order chi connectivity index (χ0) is 19.5. The first-order valence-electron chi connectivity index (χ1n) is 9.30. The lowest BCUT2D eigenvalue weighted by Gasteiger charge is -2.32. The Kier molecular flexibility index (Phi) is 5.01. The van der Waals surface area contributed by atoms with E-state index in [0.717, 1.165) is 30.8 Å². The number of pyridine rings is 1. The highest BCUT2D eigenvalue weighted by Gasteiger charge is 2.29. The van der Waals surface area contributed by atoms with Crippen LogP contribution in [0.5, 0.6) is 11.6 Å². The van der Waals surface area contributed by atoms with Crippen LogP contribution < -0.4 is 4.74 Å². The van der Waals surface area contributed by atoms with Gasteiger partial charge in [0, 0.05) is 50.8 Å². The standard InChI is InChI=1S/C20H22N6O2/c1-14-17(6-3-7-21-14)28-19-18(22-8-9-23-19)15-5-4-10-26(13-15)20(27)16-11-24-25(2)12-16/h3,6-9,11-12,15H,4-5,10,13H2,1-2H3. The van der Waals surface area contributed by atoms with Gasteiger partial charge in [-0.25, -0.2) is 4.98 Å². The molecule has 1 unspecified atom stereocenters. The van der Waals surface area contributed by atoms with E-state index in [4.69, 9.17) is 4.74 Å². The second-order valence-corrected chi connectivity index (χ2v) is 6.93. The van der Waals surface area contributed by atoms with Crippen LogP contribution in [0, 0.1) is 6.92 Å². The van der Waals surface area contributed by atoms with Gasteiger partial charge in [-0.15, -0.1) is 0 Å². The van der Waals surface area contributed by atoms with Gasteiger partial charge in [0.25, 0.3) is 5.91 Å². The molecule has 0 spiro atoms. The van der Waals surface area contributed by atoms with Gasteiger partial charge in [-0.2, -0.15) is 5.10 Å². The van der Waals surface area contributed by atoms with E-state index < -0.39 is 0 Å². The highest BCUT2D eigenvalue weighted by Crippen LogP contribution is 2.33. The van der Waals surface area contributed by atoms with Crippen LogP contribution in [0.15, 0.2) is 43.1 Å². The van der Waals surface area contributed by atoms with Crippen LogP contribution in [-0.4, -0.2) is 48.6 Å². The van der Waals surface area contributed by atoms with Crippen molar-refractivity contribution in [3.63, 3.8) is 0 Å². The fourth-order valence-electron chi connectivity index (χ4n) is 3.48. The molecule has 0 aliphatic carbocycles. The maximum atomic E-state index is 12.8. The van der Waals surface area contributed by atoms with Gasteiger partial charge in [-0.1, -0.05) is 0 Å². The molecule has 4 rings (SSSR count). The zero-order valence-electron chi connectivity index (χ0n) is 15.9. The molecule has 0 saturated carbocycles. The van der Waals surface area contributed by atoms with Crippen LogP contribution in [-0.2, 0) is 7.05 Å². The summed E-state index contributed by atoms with van der Waals surface area (Å²) in [6, 6.07) is 3.69. The molecule has 0 N–H and O–H groups in total. The van der Waals surface area contributed by atoms with Gasteiger partial charge in [0.1, 0.15) is 5.69 Å². The lowest BCUT2D eigenvalue weighted by molar-refractivity contribution is 0.0704. The van der Waals surface area contributed by atoms with E-state index in [0.29, 0.717) is 23.7 Å². The molecule has 1 aliphatic rings. The molecule has 0 bridgehead atoms. The molecule has 4 heterocycles. The Hall–Kier alpha value is -3.29. The van der Waals surface area contributed by atoms with Crippen molar-refractivity contribution in [3.05, 3.63) is 60.1 Å². The molecule has 1 saturated heterocycles.